The number of likely N-dealkylation sites (tertiary alicyclic amines) is 1. The van der Waals surface area contributed by atoms with Crippen molar-refractivity contribution in [3.63, 3.8) is 0 Å². The second-order valence-corrected chi connectivity index (χ2v) is 12.5. The number of carbonyl (C=O) groups excluding carboxylic acids is 4. The summed E-state index contributed by atoms with van der Waals surface area (Å²) in [5.41, 5.74) is 8.69. The van der Waals surface area contributed by atoms with Crippen molar-refractivity contribution in [2.24, 2.45) is 5.73 Å². The average Bonchev–Trinajstić information content (AvgIpc) is 3.48. The number of anilines is 1. The van der Waals surface area contributed by atoms with Crippen LogP contribution in [0.15, 0.2) is 60.7 Å². The minimum Gasteiger partial charge on any atom is -0.436 e. The zero-order valence-corrected chi connectivity index (χ0v) is 26.1. The number of nitrogens with one attached hydrogen (secondary N) is 2. The van der Waals surface area contributed by atoms with Crippen LogP contribution in [0.4, 0.5) is 28.4 Å². The van der Waals surface area contributed by atoms with Crippen LogP contribution < -0.4 is 11.1 Å². The van der Waals surface area contributed by atoms with Crippen LogP contribution in [0, 0.1) is 0 Å². The molecule has 7 rings (SSSR count). The molecule has 3 aromatic carbocycles. The second-order valence-electron chi connectivity index (χ2n) is 12.5. The Kier molecular flexibility index (Phi) is 8.12. The second kappa shape index (κ2) is 12.5. The minimum absolute atomic E-state index is 0.00738. The monoisotopic (exact) mass is 675 g/mol. The number of piperidine rings is 1. The first-order chi connectivity index (χ1) is 23.5. The molecule has 15 heteroatoms. The largest absolute Gasteiger partial charge is 0.436 e. The highest BCUT2D eigenvalue weighted by Gasteiger charge is 2.38. The van der Waals surface area contributed by atoms with E-state index < -0.39 is 35.8 Å². The van der Waals surface area contributed by atoms with Gasteiger partial charge in [0.1, 0.15) is 0 Å². The van der Waals surface area contributed by atoms with Crippen molar-refractivity contribution in [2.75, 3.05) is 18.4 Å². The van der Waals surface area contributed by atoms with Crippen LogP contribution in [0.1, 0.15) is 51.1 Å². The van der Waals surface area contributed by atoms with E-state index in [1.807, 2.05) is 24.3 Å². The summed E-state index contributed by atoms with van der Waals surface area (Å²) in [7, 11) is 0. The Labute approximate surface area is 278 Å². The first-order valence-corrected chi connectivity index (χ1v) is 15.8. The number of nitrogens with two attached hydrogens (primary N) is 1. The van der Waals surface area contributed by atoms with E-state index >= 15 is 0 Å². The Hall–Kier alpha value is -5.60. The summed E-state index contributed by atoms with van der Waals surface area (Å²) in [5.74, 6) is -1.32. The molecule has 3 aliphatic rings. The highest BCUT2D eigenvalue weighted by atomic mass is 19.4. The van der Waals surface area contributed by atoms with Gasteiger partial charge in [0.2, 0.25) is 0 Å². The molecule has 0 radical (unpaired) electrons. The Bertz CT molecular complexity index is 1950. The number of benzene rings is 3. The van der Waals surface area contributed by atoms with Crippen LogP contribution in [0.2, 0.25) is 0 Å². The number of carbonyl (C=O) groups is 4. The van der Waals surface area contributed by atoms with Crippen molar-refractivity contribution in [2.45, 2.75) is 57.2 Å². The van der Waals surface area contributed by atoms with Gasteiger partial charge in [0, 0.05) is 56.3 Å². The lowest BCUT2D eigenvalue weighted by molar-refractivity contribution is -0.142. The normalized spacial score (nSPS) is 18.5. The highest BCUT2D eigenvalue weighted by Crippen LogP contribution is 2.33. The first kappa shape index (κ1) is 32.0. The molecule has 0 bridgehead atoms. The molecule has 1 aromatic heterocycles. The molecule has 0 aliphatic carbocycles. The molecule has 1 atom stereocenters. The Morgan fingerprint density at radius 3 is 2.41 bits per heavy atom. The molecule has 254 valence electrons. The van der Waals surface area contributed by atoms with Gasteiger partial charge in [0.05, 0.1) is 11.1 Å². The Morgan fingerprint density at radius 2 is 1.69 bits per heavy atom. The number of alkyl halides is 3. The van der Waals surface area contributed by atoms with E-state index in [0.29, 0.717) is 60.1 Å². The number of hydrogen-bond donors (Lipinski definition) is 3. The van der Waals surface area contributed by atoms with E-state index in [1.54, 1.807) is 17.0 Å². The van der Waals surface area contributed by atoms with Crippen molar-refractivity contribution in [1.29, 1.82) is 0 Å². The maximum atomic E-state index is 14.0. The maximum Gasteiger partial charge on any atom is 0.416 e. The lowest BCUT2D eigenvalue weighted by Crippen LogP contribution is -2.51. The summed E-state index contributed by atoms with van der Waals surface area (Å²) in [6.45, 7) is 0.950. The molecule has 1 fully saturated rings. The van der Waals surface area contributed by atoms with Crippen LogP contribution in [0.3, 0.4) is 0 Å². The number of aromatic nitrogens is 2. The number of fused-ring (bicyclic) bond motifs is 4. The number of urea groups is 1. The lowest BCUT2D eigenvalue weighted by atomic mass is 9.98. The molecule has 1 saturated heterocycles. The van der Waals surface area contributed by atoms with E-state index in [2.05, 4.69) is 15.5 Å². The fraction of sp³-hybridized carbons (Fsp3) is 0.324. The summed E-state index contributed by atoms with van der Waals surface area (Å²) in [5, 5.41) is 10.2. The van der Waals surface area contributed by atoms with Gasteiger partial charge in [-0.15, -0.1) is 0 Å². The zero-order chi connectivity index (χ0) is 34.4. The number of nitrogens with zero attached hydrogens (tertiary/aromatic N) is 4. The minimum atomic E-state index is -4.52. The molecule has 4 N–H and O–H groups in total. The third-order valence-corrected chi connectivity index (χ3v) is 9.43. The van der Waals surface area contributed by atoms with Crippen molar-refractivity contribution < 1.29 is 37.1 Å². The van der Waals surface area contributed by atoms with Gasteiger partial charge >= 0.3 is 18.3 Å². The molecule has 0 spiro atoms. The number of amides is 5. The molecular formula is C34H32F3N7O5. The van der Waals surface area contributed by atoms with Crippen LogP contribution >= 0.6 is 0 Å². The van der Waals surface area contributed by atoms with E-state index in [1.165, 1.54) is 21.9 Å². The molecular weight excluding hydrogens is 643 g/mol. The summed E-state index contributed by atoms with van der Waals surface area (Å²) in [4.78, 5) is 57.3. The van der Waals surface area contributed by atoms with Gasteiger partial charge < -0.3 is 30.5 Å². The molecule has 49 heavy (non-hydrogen) atoms. The summed E-state index contributed by atoms with van der Waals surface area (Å²) in [6.07, 6.45) is -5.45. The predicted octanol–water partition coefficient (Wildman–Crippen LogP) is 4.78. The standard InChI is InChI=1S/C34H32F3N7O5/c35-34(36,37)22-8-5-19(6-9-22)16-43-18-24-20(7-10-26-28(24)29(30(38)45)41-40-26)15-27(31(43)46)49-33(48)42-13-11-23(12-14-42)44-17-21-3-1-2-4-25(21)39-32(44)47/h1-10,23,27H,11-18H2,(H2,38,45)(H,39,47)(H,40,41). The molecule has 0 saturated carbocycles. The summed E-state index contributed by atoms with van der Waals surface area (Å²) >= 11 is 0. The Balaban J connectivity index is 1.10. The number of primary amides is 1. The third-order valence-electron chi connectivity index (χ3n) is 9.43. The van der Waals surface area contributed by atoms with Crippen molar-refractivity contribution in [3.05, 3.63) is 94.2 Å². The fourth-order valence-electron chi connectivity index (χ4n) is 6.86. The van der Waals surface area contributed by atoms with Crippen LogP contribution in [-0.2, 0) is 41.8 Å². The number of rotatable bonds is 5. The van der Waals surface area contributed by atoms with Crippen LogP contribution in [0.5, 0.6) is 0 Å². The first-order valence-electron chi connectivity index (χ1n) is 15.8. The number of ether oxygens (including phenoxy) is 1. The zero-order valence-electron chi connectivity index (χ0n) is 26.1. The van der Waals surface area contributed by atoms with E-state index in [0.717, 1.165) is 23.4 Å². The van der Waals surface area contributed by atoms with E-state index in [9.17, 15) is 32.3 Å². The Morgan fingerprint density at radius 1 is 0.959 bits per heavy atom. The van der Waals surface area contributed by atoms with Gasteiger partial charge in [0.15, 0.2) is 11.8 Å². The van der Waals surface area contributed by atoms with Gasteiger partial charge in [-0.2, -0.15) is 18.3 Å². The van der Waals surface area contributed by atoms with Gasteiger partial charge in [0.25, 0.3) is 11.8 Å². The number of halogens is 3. The molecule has 4 aromatic rings. The third kappa shape index (κ3) is 6.23. The topological polar surface area (TPSA) is 154 Å². The smallest absolute Gasteiger partial charge is 0.416 e. The van der Waals surface area contributed by atoms with Gasteiger partial charge in [-0.1, -0.05) is 36.4 Å². The van der Waals surface area contributed by atoms with Crippen LogP contribution in [-0.4, -0.2) is 74.1 Å². The molecule has 1 unspecified atom stereocenters. The van der Waals surface area contributed by atoms with Crippen molar-refractivity contribution in [1.82, 2.24) is 24.9 Å². The predicted molar refractivity (Wildman–Crippen MR) is 170 cm³/mol. The number of aromatic amines is 1. The fourth-order valence-corrected chi connectivity index (χ4v) is 6.86. The number of hydrogen-bond acceptors (Lipinski definition) is 6. The summed E-state index contributed by atoms with van der Waals surface area (Å²) in [6, 6.07) is 15.2. The van der Waals surface area contributed by atoms with Crippen LogP contribution in [0.25, 0.3) is 10.9 Å². The highest BCUT2D eigenvalue weighted by molar-refractivity contribution is 6.05. The van der Waals surface area contributed by atoms with Crippen molar-refractivity contribution >= 4 is 40.5 Å². The number of H-pyrrole nitrogens is 1. The quantitative estimate of drug-likeness (QED) is 0.277. The van der Waals surface area contributed by atoms with Gasteiger partial charge in [-0.25, -0.2) is 9.59 Å². The molecule has 12 nitrogen and oxygen atoms in total. The van der Waals surface area contributed by atoms with Crippen molar-refractivity contribution in [3.8, 4) is 0 Å². The maximum absolute atomic E-state index is 14.0. The van der Waals surface area contributed by atoms with E-state index in [4.69, 9.17) is 10.5 Å². The van der Waals surface area contributed by atoms with Gasteiger partial charge in [-0.3, -0.25) is 14.7 Å². The summed E-state index contributed by atoms with van der Waals surface area (Å²) < 4.78 is 45.5. The van der Waals surface area contributed by atoms with E-state index in [-0.39, 0.29) is 37.3 Å². The average molecular weight is 676 g/mol. The molecule has 4 heterocycles. The van der Waals surface area contributed by atoms with Gasteiger partial charge in [-0.05, 0) is 59.4 Å². The molecule has 5 amide bonds. The SMILES string of the molecule is NC(=O)c1n[nH]c2ccc3c(c12)CN(Cc1ccc(C(F)(F)F)cc1)C(=O)C(OC(=O)N1CCC(N2Cc4ccccc4NC2=O)CC1)C3. The number of para-hydroxylation sites is 1. The lowest BCUT2D eigenvalue weighted by Gasteiger charge is -2.40. The molecule has 3 aliphatic heterocycles.